The van der Waals surface area contributed by atoms with Crippen LogP contribution in [0, 0.1) is 0 Å². The van der Waals surface area contributed by atoms with Crippen LogP contribution >= 0.6 is 0 Å². The van der Waals surface area contributed by atoms with Crippen LogP contribution < -0.4 is 20.7 Å². The third-order valence-electron chi connectivity index (χ3n) is 4.53. The molecule has 0 fully saturated rings. The summed E-state index contributed by atoms with van der Waals surface area (Å²) >= 11 is 0. The van der Waals surface area contributed by atoms with E-state index in [1.165, 1.54) is 0 Å². The van der Waals surface area contributed by atoms with E-state index in [1.807, 2.05) is 18.2 Å². The van der Waals surface area contributed by atoms with Crippen molar-refractivity contribution >= 4 is 23.3 Å². The summed E-state index contributed by atoms with van der Waals surface area (Å²) < 4.78 is 10.9. The molecular weight excluding hydrogens is 386 g/mol. The highest BCUT2D eigenvalue weighted by molar-refractivity contribution is 5.91. The first-order valence-corrected chi connectivity index (χ1v) is 9.58. The van der Waals surface area contributed by atoms with Crippen molar-refractivity contribution in [1.29, 1.82) is 0 Å². The average Bonchev–Trinajstić information content (AvgIpc) is 2.75. The predicted octanol–water partition coefficient (Wildman–Crippen LogP) is 2.53. The minimum atomic E-state index is -0.666. The Bertz CT molecular complexity index is 887. The van der Waals surface area contributed by atoms with Crippen LogP contribution in [0.3, 0.4) is 0 Å². The largest absolute Gasteiger partial charge is 0.497 e. The molecule has 0 saturated heterocycles. The zero-order valence-corrected chi connectivity index (χ0v) is 16.6. The Labute approximate surface area is 174 Å². The summed E-state index contributed by atoms with van der Waals surface area (Å²) in [5, 5.41) is 17.9. The smallest absolute Gasteiger partial charge is 0.319 e. The molecule has 4 N–H and O–H groups in total. The van der Waals surface area contributed by atoms with Gasteiger partial charge in [-0.2, -0.15) is 0 Å². The number of anilines is 2. The normalized spacial score (nSPS) is 20.3. The average molecular weight is 411 g/mol. The Morgan fingerprint density at radius 2 is 1.80 bits per heavy atom. The van der Waals surface area contributed by atoms with Crippen molar-refractivity contribution < 1.29 is 24.2 Å². The Morgan fingerprint density at radius 3 is 2.53 bits per heavy atom. The number of benzene rings is 2. The summed E-state index contributed by atoms with van der Waals surface area (Å²) in [7, 11) is 1.55. The number of carbonyl (C=O) groups is 2. The Hall–Kier alpha value is -3.36. The standard InChI is InChI=1S/C22H25N3O5/c1-29-17-9-5-8-16(12-17)24-22(28)25-19-11-10-18(30-20(19)14-26)13-21(27)23-15-6-3-2-4-7-15/h2-12,18-20,26H,13-14H2,1H3,(H,23,27)(H2,24,25,28)/t18-,19+,20-/m1/s1. The molecule has 0 unspecified atom stereocenters. The van der Waals surface area contributed by atoms with Crippen LogP contribution in [0.25, 0.3) is 0 Å². The Balaban J connectivity index is 1.54. The van der Waals surface area contributed by atoms with E-state index in [0.29, 0.717) is 17.1 Å². The second-order valence-electron chi connectivity index (χ2n) is 6.75. The quantitative estimate of drug-likeness (QED) is 0.524. The Morgan fingerprint density at radius 1 is 1.03 bits per heavy atom. The van der Waals surface area contributed by atoms with Crippen molar-refractivity contribution in [3.8, 4) is 5.75 Å². The van der Waals surface area contributed by atoms with E-state index in [1.54, 1.807) is 55.7 Å². The summed E-state index contributed by atoms with van der Waals surface area (Å²) in [4.78, 5) is 24.5. The molecule has 30 heavy (non-hydrogen) atoms. The van der Waals surface area contributed by atoms with Gasteiger partial charge >= 0.3 is 6.03 Å². The van der Waals surface area contributed by atoms with Gasteiger partial charge in [0.05, 0.1) is 32.3 Å². The van der Waals surface area contributed by atoms with E-state index in [9.17, 15) is 14.7 Å². The van der Waals surface area contributed by atoms with Crippen LogP contribution in [0.4, 0.5) is 16.2 Å². The summed E-state index contributed by atoms with van der Waals surface area (Å²) in [6.07, 6.45) is 2.39. The molecule has 2 aromatic rings. The number of carbonyl (C=O) groups excluding carboxylic acids is 2. The SMILES string of the molecule is COc1cccc(NC(=O)N[C@H]2C=C[C@H](CC(=O)Nc3ccccc3)O[C@@H]2CO)c1. The van der Waals surface area contributed by atoms with Crippen LogP contribution in [-0.2, 0) is 9.53 Å². The van der Waals surface area contributed by atoms with Gasteiger partial charge < -0.3 is 30.5 Å². The molecule has 0 radical (unpaired) electrons. The molecule has 158 valence electrons. The zero-order valence-electron chi connectivity index (χ0n) is 16.6. The molecule has 8 heteroatoms. The number of methoxy groups -OCH3 is 1. The summed E-state index contributed by atoms with van der Waals surface area (Å²) in [5.74, 6) is 0.424. The summed E-state index contributed by atoms with van der Waals surface area (Å²) in [6, 6.07) is 15.1. The van der Waals surface area contributed by atoms with Gasteiger partial charge in [-0.05, 0) is 24.3 Å². The van der Waals surface area contributed by atoms with Gasteiger partial charge in [-0.25, -0.2) is 4.79 Å². The number of aliphatic hydroxyl groups excluding tert-OH is 1. The first-order chi connectivity index (χ1) is 14.6. The van der Waals surface area contributed by atoms with Gasteiger partial charge in [0.2, 0.25) is 5.91 Å². The molecule has 1 heterocycles. The zero-order chi connectivity index (χ0) is 21.3. The molecule has 0 saturated carbocycles. The highest BCUT2D eigenvalue weighted by Gasteiger charge is 2.29. The van der Waals surface area contributed by atoms with E-state index in [0.717, 1.165) is 0 Å². The lowest BCUT2D eigenvalue weighted by Gasteiger charge is -2.31. The minimum Gasteiger partial charge on any atom is -0.497 e. The van der Waals surface area contributed by atoms with Crippen molar-refractivity contribution in [2.45, 2.75) is 24.7 Å². The molecule has 0 spiro atoms. The van der Waals surface area contributed by atoms with Crippen LogP contribution in [0.1, 0.15) is 6.42 Å². The topological polar surface area (TPSA) is 109 Å². The first kappa shape index (κ1) is 21.4. The van der Waals surface area contributed by atoms with Crippen molar-refractivity contribution in [2.75, 3.05) is 24.4 Å². The van der Waals surface area contributed by atoms with Gasteiger partial charge in [0, 0.05) is 17.4 Å². The molecule has 8 nitrogen and oxygen atoms in total. The number of nitrogens with one attached hydrogen (secondary N) is 3. The van der Waals surface area contributed by atoms with Crippen LogP contribution in [0.2, 0.25) is 0 Å². The molecular formula is C22H25N3O5. The number of ether oxygens (including phenoxy) is 2. The maximum Gasteiger partial charge on any atom is 0.319 e. The van der Waals surface area contributed by atoms with Gasteiger partial charge in [-0.15, -0.1) is 0 Å². The van der Waals surface area contributed by atoms with E-state index in [-0.39, 0.29) is 18.9 Å². The van der Waals surface area contributed by atoms with Gasteiger partial charge in [0.1, 0.15) is 11.9 Å². The van der Waals surface area contributed by atoms with E-state index in [4.69, 9.17) is 9.47 Å². The molecule has 1 aliphatic rings. The first-order valence-electron chi connectivity index (χ1n) is 9.58. The lowest BCUT2D eigenvalue weighted by molar-refractivity contribution is -0.120. The minimum absolute atomic E-state index is 0.102. The number of amides is 3. The molecule has 3 atom stereocenters. The van der Waals surface area contributed by atoms with Crippen molar-refractivity contribution in [1.82, 2.24) is 5.32 Å². The fourth-order valence-electron chi connectivity index (χ4n) is 3.07. The second kappa shape index (κ2) is 10.4. The van der Waals surface area contributed by atoms with Gasteiger partial charge in [-0.1, -0.05) is 36.4 Å². The van der Waals surface area contributed by atoms with E-state index < -0.39 is 24.3 Å². The van der Waals surface area contributed by atoms with E-state index >= 15 is 0 Å². The van der Waals surface area contributed by atoms with Crippen molar-refractivity contribution in [3.63, 3.8) is 0 Å². The van der Waals surface area contributed by atoms with E-state index in [2.05, 4.69) is 16.0 Å². The molecule has 3 rings (SSSR count). The van der Waals surface area contributed by atoms with Crippen LogP contribution in [0.15, 0.2) is 66.7 Å². The van der Waals surface area contributed by atoms with Crippen molar-refractivity contribution in [2.24, 2.45) is 0 Å². The molecule has 2 aromatic carbocycles. The second-order valence-corrected chi connectivity index (χ2v) is 6.75. The number of aliphatic hydroxyl groups is 1. The third-order valence-corrected chi connectivity index (χ3v) is 4.53. The number of rotatable bonds is 7. The molecule has 3 amide bonds. The molecule has 0 bridgehead atoms. The highest BCUT2D eigenvalue weighted by atomic mass is 16.5. The van der Waals surface area contributed by atoms with Gasteiger partial charge in [0.25, 0.3) is 0 Å². The van der Waals surface area contributed by atoms with Gasteiger partial charge in [-0.3, -0.25) is 4.79 Å². The lowest BCUT2D eigenvalue weighted by Crippen LogP contribution is -2.50. The number of urea groups is 1. The predicted molar refractivity (Wildman–Crippen MR) is 114 cm³/mol. The third kappa shape index (κ3) is 6.07. The summed E-state index contributed by atoms with van der Waals surface area (Å²) in [6.45, 7) is -0.300. The molecule has 1 aliphatic heterocycles. The Kier molecular flexibility index (Phi) is 7.42. The maximum atomic E-state index is 12.3. The fourth-order valence-corrected chi connectivity index (χ4v) is 3.07. The monoisotopic (exact) mass is 411 g/mol. The molecule has 0 aromatic heterocycles. The summed E-state index contributed by atoms with van der Waals surface area (Å²) in [5.41, 5.74) is 1.28. The lowest BCUT2D eigenvalue weighted by atomic mass is 10.0. The number of hydrogen-bond acceptors (Lipinski definition) is 5. The van der Waals surface area contributed by atoms with Gasteiger partial charge in [0.15, 0.2) is 0 Å². The van der Waals surface area contributed by atoms with Crippen LogP contribution in [0.5, 0.6) is 5.75 Å². The highest BCUT2D eigenvalue weighted by Crippen LogP contribution is 2.19. The fraction of sp³-hybridized carbons (Fsp3) is 0.273. The number of para-hydroxylation sites is 1. The number of hydrogen-bond donors (Lipinski definition) is 4. The molecule has 0 aliphatic carbocycles. The van der Waals surface area contributed by atoms with Crippen molar-refractivity contribution in [3.05, 3.63) is 66.7 Å². The maximum absolute atomic E-state index is 12.3. The van der Waals surface area contributed by atoms with Crippen LogP contribution in [-0.4, -0.2) is 49.0 Å².